The van der Waals surface area contributed by atoms with Crippen molar-refractivity contribution >= 4 is 32.8 Å². The van der Waals surface area contributed by atoms with Gasteiger partial charge in [0, 0.05) is 32.5 Å². The van der Waals surface area contributed by atoms with Crippen LogP contribution in [0.25, 0.3) is 45.6 Å². The number of hydrogen-bond donors (Lipinski definition) is 0. The van der Waals surface area contributed by atoms with Gasteiger partial charge in [0.05, 0.1) is 0 Å². The van der Waals surface area contributed by atoms with Crippen LogP contribution in [0.3, 0.4) is 0 Å². The second kappa shape index (κ2) is 14.0. The number of allylic oxidation sites excluding steroid dienone is 2. The molecule has 2 aliphatic carbocycles. The van der Waals surface area contributed by atoms with Gasteiger partial charge in [0.2, 0.25) is 0 Å². The van der Waals surface area contributed by atoms with Gasteiger partial charge < -0.3 is 8.83 Å². The van der Waals surface area contributed by atoms with Crippen LogP contribution < -0.4 is 0 Å². The summed E-state index contributed by atoms with van der Waals surface area (Å²) >= 11 is 0. The quantitative estimate of drug-likeness (QED) is 0.145. The molecule has 0 spiro atoms. The molecule has 2 radical (unpaired) electrons. The summed E-state index contributed by atoms with van der Waals surface area (Å²) < 4.78 is 12.7. The van der Waals surface area contributed by atoms with E-state index < -0.39 is 0 Å². The van der Waals surface area contributed by atoms with Crippen molar-refractivity contribution in [3.63, 3.8) is 0 Å². The predicted octanol–water partition coefficient (Wildman–Crippen LogP) is 14.6. The van der Waals surface area contributed by atoms with Crippen molar-refractivity contribution in [2.45, 2.75) is 104 Å². The first-order valence-electron chi connectivity index (χ1n) is 19.9. The van der Waals surface area contributed by atoms with Crippen LogP contribution in [0, 0.1) is 27.7 Å². The first-order chi connectivity index (χ1) is 26.2. The summed E-state index contributed by atoms with van der Waals surface area (Å²) in [6, 6.07) is 38.6. The van der Waals surface area contributed by atoms with Crippen LogP contribution in [0.5, 0.6) is 0 Å². The van der Waals surface area contributed by atoms with Gasteiger partial charge in [-0.25, -0.2) is 0 Å². The van der Waals surface area contributed by atoms with Gasteiger partial charge >= 0.3 is 0 Å². The molecular weight excluding hydrogens is 685 g/mol. The Kier molecular flexibility index (Phi) is 9.45. The van der Waals surface area contributed by atoms with Gasteiger partial charge in [-0.1, -0.05) is 114 Å². The number of rotatable bonds is 8. The fourth-order valence-electron chi connectivity index (χ4n) is 8.77. The molecule has 55 heavy (non-hydrogen) atoms. The zero-order chi connectivity index (χ0) is 38.8. The van der Waals surface area contributed by atoms with Crippen LogP contribution in [-0.4, -0.2) is 9.52 Å². The van der Waals surface area contributed by atoms with E-state index in [1.807, 2.05) is 13.8 Å². The Morgan fingerprint density at radius 2 is 0.855 bits per heavy atom. The van der Waals surface area contributed by atoms with Gasteiger partial charge in [0.1, 0.15) is 23.0 Å². The highest BCUT2D eigenvalue weighted by molar-refractivity contribution is 6.37. The highest BCUT2D eigenvalue weighted by atomic mass is 28.2. The Bertz CT molecular complexity index is 2280. The monoisotopic (exact) mass is 738 g/mol. The molecule has 2 nitrogen and oxygen atoms in total. The van der Waals surface area contributed by atoms with Crippen LogP contribution >= 0.6 is 0 Å². The number of furan rings is 2. The molecule has 2 unspecified atom stereocenters. The van der Waals surface area contributed by atoms with Gasteiger partial charge in [-0.15, -0.1) is 0 Å². The summed E-state index contributed by atoms with van der Waals surface area (Å²) in [4.78, 5) is 0. The smallest absolute Gasteiger partial charge is 0.130 e. The lowest BCUT2D eigenvalue weighted by molar-refractivity contribution is 0.518. The highest BCUT2D eigenvalue weighted by Crippen LogP contribution is 2.51. The van der Waals surface area contributed by atoms with Gasteiger partial charge in [-0.3, -0.25) is 0 Å². The molecule has 2 aliphatic rings. The van der Waals surface area contributed by atoms with Gasteiger partial charge in [-0.2, -0.15) is 0 Å². The van der Waals surface area contributed by atoms with E-state index in [-0.39, 0.29) is 22.7 Å². The summed E-state index contributed by atoms with van der Waals surface area (Å²) in [5, 5.41) is 0. The average Bonchev–Trinajstić information content (AvgIpc) is 3.93. The van der Waals surface area contributed by atoms with E-state index in [1.165, 1.54) is 77.9 Å². The fraction of sp³-hybridized carbons (Fsp3) is 0.308. The molecule has 2 aromatic heterocycles. The van der Waals surface area contributed by atoms with E-state index in [9.17, 15) is 0 Å². The first-order valence-corrected chi connectivity index (χ1v) is 21.3. The SMILES string of the molecule is Cc1ccc(C2=Cc3c(ccc(C)c3-c3ccc(C(C)(C)C)cc3)C2C[Si]CC2C(c3ccc(C)o3)=Cc3c2ccc(C)c3-c2ccc(C(C)(C)C)cc2)o1. The first kappa shape index (κ1) is 37.1. The lowest BCUT2D eigenvalue weighted by atomic mass is 9.85. The molecule has 8 rings (SSSR count). The molecule has 0 aliphatic heterocycles. The summed E-state index contributed by atoms with van der Waals surface area (Å²) in [6.07, 6.45) is 4.87. The zero-order valence-electron chi connectivity index (χ0n) is 34.3. The third kappa shape index (κ3) is 6.97. The topological polar surface area (TPSA) is 26.3 Å². The van der Waals surface area contributed by atoms with Crippen LogP contribution in [0.15, 0.2) is 106 Å². The number of benzene rings is 4. The van der Waals surface area contributed by atoms with E-state index in [4.69, 9.17) is 8.83 Å². The van der Waals surface area contributed by atoms with Crippen molar-refractivity contribution in [2.24, 2.45) is 0 Å². The Morgan fingerprint density at radius 3 is 1.18 bits per heavy atom. The lowest BCUT2D eigenvalue weighted by Crippen LogP contribution is -2.10. The molecule has 6 aromatic rings. The third-order valence-electron chi connectivity index (χ3n) is 11.9. The second-order valence-corrected chi connectivity index (χ2v) is 19.3. The molecule has 278 valence electrons. The van der Waals surface area contributed by atoms with Crippen molar-refractivity contribution in [3.8, 4) is 22.3 Å². The van der Waals surface area contributed by atoms with E-state index in [0.29, 0.717) is 0 Å². The van der Waals surface area contributed by atoms with Gasteiger partial charge in [0.25, 0.3) is 0 Å². The van der Waals surface area contributed by atoms with E-state index in [2.05, 4.69) is 165 Å². The Balaban J connectivity index is 1.14. The molecular formula is C52H54O2Si. The van der Waals surface area contributed by atoms with E-state index >= 15 is 0 Å². The van der Waals surface area contributed by atoms with Crippen LogP contribution in [0.2, 0.25) is 12.1 Å². The summed E-state index contributed by atoms with van der Waals surface area (Å²) in [5.41, 5.74) is 18.9. The molecule has 0 amide bonds. The number of fused-ring (bicyclic) bond motifs is 2. The lowest BCUT2D eigenvalue weighted by Gasteiger charge is -2.22. The largest absolute Gasteiger partial charge is 0.462 e. The Hall–Kier alpha value is -4.86. The molecule has 0 N–H and O–H groups in total. The van der Waals surface area contributed by atoms with Crippen molar-refractivity contribution in [1.82, 2.24) is 0 Å². The van der Waals surface area contributed by atoms with E-state index in [0.717, 1.165) is 44.6 Å². The maximum absolute atomic E-state index is 6.37. The van der Waals surface area contributed by atoms with Crippen molar-refractivity contribution in [3.05, 3.63) is 165 Å². The maximum atomic E-state index is 6.37. The minimum Gasteiger partial charge on any atom is -0.462 e. The average molecular weight is 739 g/mol. The third-order valence-corrected chi connectivity index (χ3v) is 13.3. The summed E-state index contributed by atoms with van der Waals surface area (Å²) in [7, 11) is 0.739. The Morgan fingerprint density at radius 1 is 0.473 bits per heavy atom. The van der Waals surface area contributed by atoms with Gasteiger partial charge in [-0.05, 0) is 154 Å². The molecule has 0 fully saturated rings. The standard InChI is InChI=1S/C52H54O2Si/c1-31-11-23-39-43(49(31)35-15-19-37(20-16-35)51(5,6)7)27-41(47-25-13-33(3)53-47)45(39)29-55-30-46-40-24-12-32(2)50(36-17-21-38(22-18-36)52(8,9)10)44(40)28-42(46)48-26-14-34(4)54-48/h11-28,45-46H,29-30H2,1-10H3. The minimum absolute atomic E-state index is 0.116. The fourth-order valence-corrected chi connectivity index (χ4v) is 10.4. The second-order valence-electron chi connectivity index (χ2n) is 18.0. The number of aryl methyl sites for hydroxylation is 4. The van der Waals surface area contributed by atoms with Crippen LogP contribution in [0.4, 0.5) is 0 Å². The normalized spacial score (nSPS) is 16.6. The predicted molar refractivity (Wildman–Crippen MR) is 234 cm³/mol. The highest BCUT2D eigenvalue weighted by Gasteiger charge is 2.34. The zero-order valence-corrected chi connectivity index (χ0v) is 35.3. The molecule has 2 atom stereocenters. The summed E-state index contributed by atoms with van der Waals surface area (Å²) in [5.74, 6) is 4.42. The van der Waals surface area contributed by atoms with Crippen LogP contribution in [-0.2, 0) is 10.8 Å². The molecule has 2 heterocycles. The molecule has 3 heteroatoms. The molecule has 0 bridgehead atoms. The van der Waals surface area contributed by atoms with Crippen LogP contribution in [0.1, 0.15) is 121 Å². The minimum atomic E-state index is 0.116. The van der Waals surface area contributed by atoms with Crippen molar-refractivity contribution < 1.29 is 8.83 Å². The maximum Gasteiger partial charge on any atom is 0.130 e. The molecule has 0 saturated carbocycles. The summed E-state index contributed by atoms with van der Waals surface area (Å²) in [6.45, 7) is 22.3. The molecule has 0 saturated heterocycles. The molecule has 4 aromatic carbocycles. The van der Waals surface area contributed by atoms with Gasteiger partial charge in [0.15, 0.2) is 0 Å². The Labute approximate surface area is 331 Å². The van der Waals surface area contributed by atoms with E-state index in [1.54, 1.807) is 0 Å². The van der Waals surface area contributed by atoms with Crippen molar-refractivity contribution in [1.29, 1.82) is 0 Å². The number of hydrogen-bond acceptors (Lipinski definition) is 2. The van der Waals surface area contributed by atoms with Crippen molar-refractivity contribution in [2.75, 3.05) is 0 Å².